The molecule has 19 heavy (non-hydrogen) atoms. The monoisotopic (exact) mass is 297 g/mol. The van der Waals surface area contributed by atoms with Crippen molar-refractivity contribution in [3.05, 3.63) is 47.1 Å². The number of nitrogen functional groups attached to an aromatic ring is 1. The van der Waals surface area contributed by atoms with Gasteiger partial charge in [-0.05, 0) is 42.8 Å². The van der Waals surface area contributed by atoms with E-state index in [1.54, 1.807) is 12.1 Å². The Morgan fingerprint density at radius 2 is 2.00 bits per heavy atom. The number of sulfonamides is 1. The van der Waals surface area contributed by atoms with E-state index >= 15 is 0 Å². The van der Waals surface area contributed by atoms with E-state index in [0.717, 1.165) is 5.56 Å². The second-order valence-electron chi connectivity index (χ2n) is 4.01. The van der Waals surface area contributed by atoms with Gasteiger partial charge < -0.3 is 5.73 Å². The van der Waals surface area contributed by atoms with Crippen LogP contribution in [0, 0.1) is 6.92 Å². The first kappa shape index (κ1) is 13.6. The van der Waals surface area contributed by atoms with Crippen LogP contribution in [0.2, 0.25) is 5.02 Å². The maximum Gasteiger partial charge on any atom is 0.265 e. The fraction of sp³-hybridized carbons (Fsp3) is 0.0833. The van der Waals surface area contributed by atoms with Crippen LogP contribution in [0.3, 0.4) is 0 Å². The van der Waals surface area contributed by atoms with Gasteiger partial charge in [-0.2, -0.15) is 0 Å². The van der Waals surface area contributed by atoms with Crippen molar-refractivity contribution in [3.63, 3.8) is 0 Å². The van der Waals surface area contributed by atoms with Gasteiger partial charge in [-0.3, -0.25) is 4.72 Å². The summed E-state index contributed by atoms with van der Waals surface area (Å²) in [6.07, 6.45) is 1.53. The number of nitrogens with zero attached hydrogens (tertiary/aromatic N) is 1. The van der Waals surface area contributed by atoms with E-state index in [-0.39, 0.29) is 16.4 Å². The quantitative estimate of drug-likeness (QED) is 0.852. The van der Waals surface area contributed by atoms with E-state index in [9.17, 15) is 8.42 Å². The van der Waals surface area contributed by atoms with E-state index in [0.29, 0.717) is 5.02 Å². The Balaban J connectivity index is 2.38. The lowest BCUT2D eigenvalue weighted by Crippen LogP contribution is -2.15. The topological polar surface area (TPSA) is 85.1 Å². The number of aromatic nitrogens is 1. The molecule has 0 spiro atoms. The van der Waals surface area contributed by atoms with Crippen molar-refractivity contribution in [1.82, 2.24) is 4.98 Å². The van der Waals surface area contributed by atoms with Crippen molar-refractivity contribution in [2.24, 2.45) is 0 Å². The molecule has 1 aromatic carbocycles. The Morgan fingerprint density at radius 1 is 1.26 bits per heavy atom. The van der Waals surface area contributed by atoms with Gasteiger partial charge >= 0.3 is 0 Å². The first-order chi connectivity index (χ1) is 8.88. The highest BCUT2D eigenvalue weighted by Crippen LogP contribution is 2.24. The first-order valence-corrected chi connectivity index (χ1v) is 7.25. The normalized spacial score (nSPS) is 11.3. The lowest BCUT2D eigenvalue weighted by Gasteiger charge is -2.10. The molecular formula is C12H12ClN3O2S. The summed E-state index contributed by atoms with van der Waals surface area (Å²) in [7, 11) is -3.77. The highest BCUT2D eigenvalue weighted by atomic mass is 35.5. The standard InChI is InChI=1S/C12H12ClN3O2S/c1-8-4-5-15-12(6-8)16-19(17,18)11-3-2-9(13)7-10(11)14/h2-7H,14H2,1H3,(H,15,16). The molecule has 0 aliphatic heterocycles. The molecule has 7 heteroatoms. The van der Waals surface area contributed by atoms with Crippen molar-refractivity contribution < 1.29 is 8.42 Å². The highest BCUT2D eigenvalue weighted by molar-refractivity contribution is 7.92. The van der Waals surface area contributed by atoms with Gasteiger partial charge in [-0.25, -0.2) is 13.4 Å². The molecule has 0 aliphatic rings. The number of aryl methyl sites for hydroxylation is 1. The number of pyridine rings is 1. The van der Waals surface area contributed by atoms with Crippen LogP contribution in [0.15, 0.2) is 41.4 Å². The van der Waals surface area contributed by atoms with E-state index in [1.807, 2.05) is 6.92 Å². The first-order valence-electron chi connectivity index (χ1n) is 5.39. The van der Waals surface area contributed by atoms with Crippen LogP contribution in [0.4, 0.5) is 11.5 Å². The molecule has 0 fully saturated rings. The fourth-order valence-corrected chi connectivity index (χ4v) is 2.84. The molecule has 0 unspecified atom stereocenters. The third-order valence-corrected chi connectivity index (χ3v) is 4.08. The number of hydrogen-bond donors (Lipinski definition) is 2. The van der Waals surface area contributed by atoms with Crippen molar-refractivity contribution in [3.8, 4) is 0 Å². The van der Waals surface area contributed by atoms with Crippen molar-refractivity contribution in [2.45, 2.75) is 11.8 Å². The fourth-order valence-electron chi connectivity index (χ4n) is 1.55. The summed E-state index contributed by atoms with van der Waals surface area (Å²) in [5, 5.41) is 0.380. The minimum absolute atomic E-state index is 0.0276. The molecule has 0 bridgehead atoms. The average Bonchev–Trinajstić information content (AvgIpc) is 2.27. The van der Waals surface area contributed by atoms with Crippen LogP contribution < -0.4 is 10.5 Å². The Bertz CT molecular complexity index is 717. The number of hydrogen-bond acceptors (Lipinski definition) is 4. The number of anilines is 2. The predicted octanol–water partition coefficient (Wildman–Crippen LogP) is 2.43. The summed E-state index contributed by atoms with van der Waals surface area (Å²) in [4.78, 5) is 3.91. The minimum Gasteiger partial charge on any atom is -0.398 e. The van der Waals surface area contributed by atoms with E-state index in [2.05, 4.69) is 9.71 Å². The van der Waals surface area contributed by atoms with Crippen LogP contribution in [0.1, 0.15) is 5.56 Å². The van der Waals surface area contributed by atoms with Gasteiger partial charge in [0.15, 0.2) is 0 Å². The van der Waals surface area contributed by atoms with Gasteiger partial charge in [0.25, 0.3) is 10.0 Å². The summed E-state index contributed by atoms with van der Waals surface area (Å²) in [5.74, 6) is 0.245. The zero-order chi connectivity index (χ0) is 14.0. The van der Waals surface area contributed by atoms with E-state index < -0.39 is 10.0 Å². The maximum atomic E-state index is 12.2. The lowest BCUT2D eigenvalue weighted by molar-refractivity contribution is 0.601. The van der Waals surface area contributed by atoms with Crippen LogP contribution in [0.5, 0.6) is 0 Å². The zero-order valence-corrected chi connectivity index (χ0v) is 11.7. The predicted molar refractivity (Wildman–Crippen MR) is 75.6 cm³/mol. The molecule has 0 radical (unpaired) electrons. The SMILES string of the molecule is Cc1ccnc(NS(=O)(=O)c2ccc(Cl)cc2N)c1. The second-order valence-corrected chi connectivity index (χ2v) is 6.09. The summed E-state index contributed by atoms with van der Waals surface area (Å²) in [5.41, 5.74) is 6.66. The molecule has 0 saturated heterocycles. The zero-order valence-electron chi connectivity index (χ0n) is 10.1. The molecule has 2 rings (SSSR count). The van der Waals surface area contributed by atoms with Crippen LogP contribution >= 0.6 is 11.6 Å². The summed E-state index contributed by atoms with van der Waals surface area (Å²) in [6, 6.07) is 7.61. The van der Waals surface area contributed by atoms with Gasteiger partial charge in [0.05, 0.1) is 5.69 Å². The number of benzene rings is 1. The highest BCUT2D eigenvalue weighted by Gasteiger charge is 2.18. The van der Waals surface area contributed by atoms with Gasteiger partial charge in [0.2, 0.25) is 0 Å². The Labute approximate surface area is 116 Å². The molecule has 1 aromatic heterocycles. The van der Waals surface area contributed by atoms with Gasteiger partial charge in [-0.15, -0.1) is 0 Å². The average molecular weight is 298 g/mol. The number of nitrogens with one attached hydrogen (secondary N) is 1. The van der Waals surface area contributed by atoms with Gasteiger partial charge in [0.1, 0.15) is 10.7 Å². The molecule has 2 aromatic rings. The minimum atomic E-state index is -3.77. The smallest absolute Gasteiger partial charge is 0.265 e. The second kappa shape index (κ2) is 5.07. The third kappa shape index (κ3) is 3.15. The molecule has 0 aliphatic carbocycles. The number of rotatable bonds is 3. The van der Waals surface area contributed by atoms with Crippen molar-refractivity contribution in [1.29, 1.82) is 0 Å². The molecule has 0 amide bonds. The van der Waals surface area contributed by atoms with Gasteiger partial charge in [0, 0.05) is 11.2 Å². The van der Waals surface area contributed by atoms with Crippen LogP contribution in [-0.4, -0.2) is 13.4 Å². The summed E-state index contributed by atoms with van der Waals surface area (Å²) in [6.45, 7) is 1.84. The molecule has 0 saturated carbocycles. The molecule has 1 heterocycles. The van der Waals surface area contributed by atoms with Crippen molar-refractivity contribution in [2.75, 3.05) is 10.5 Å². The Kier molecular flexibility index (Phi) is 3.64. The number of halogens is 1. The van der Waals surface area contributed by atoms with Crippen LogP contribution in [-0.2, 0) is 10.0 Å². The summed E-state index contributed by atoms with van der Waals surface area (Å²) >= 11 is 5.74. The third-order valence-electron chi connectivity index (χ3n) is 2.42. The molecule has 0 atom stereocenters. The Hall–Kier alpha value is -1.79. The lowest BCUT2D eigenvalue weighted by atomic mass is 10.3. The molecular weight excluding hydrogens is 286 g/mol. The molecule has 100 valence electrons. The maximum absolute atomic E-state index is 12.2. The van der Waals surface area contributed by atoms with Gasteiger partial charge in [-0.1, -0.05) is 11.6 Å². The van der Waals surface area contributed by atoms with E-state index in [4.69, 9.17) is 17.3 Å². The van der Waals surface area contributed by atoms with Crippen LogP contribution in [0.25, 0.3) is 0 Å². The summed E-state index contributed by atoms with van der Waals surface area (Å²) < 4.78 is 26.7. The van der Waals surface area contributed by atoms with Crippen molar-refractivity contribution >= 4 is 33.1 Å². The Morgan fingerprint density at radius 3 is 2.63 bits per heavy atom. The molecule has 5 nitrogen and oxygen atoms in total. The molecule has 3 N–H and O–H groups in total. The number of nitrogens with two attached hydrogens (primary N) is 1. The largest absolute Gasteiger partial charge is 0.398 e. The van der Waals surface area contributed by atoms with E-state index in [1.165, 1.54) is 24.4 Å².